The number of piperazine rings is 1. The lowest BCUT2D eigenvalue weighted by molar-refractivity contribution is -0.169. The van der Waals surface area contributed by atoms with E-state index in [2.05, 4.69) is 15.5 Å². The predicted molar refractivity (Wildman–Crippen MR) is 172 cm³/mol. The number of ether oxygens (including phenoxy) is 1. The van der Waals surface area contributed by atoms with E-state index >= 15 is 4.39 Å². The van der Waals surface area contributed by atoms with Crippen LogP contribution in [0.4, 0.5) is 23.2 Å². The highest BCUT2D eigenvalue weighted by Gasteiger charge is 2.40. The number of anilines is 1. The van der Waals surface area contributed by atoms with Crippen LogP contribution in [0.15, 0.2) is 42.5 Å². The molecule has 258 valence electrons. The average molecular weight is 693 g/mol. The first-order chi connectivity index (χ1) is 21.8. The fourth-order valence-electron chi connectivity index (χ4n) is 6.84. The van der Waals surface area contributed by atoms with Crippen LogP contribution in [-0.4, -0.2) is 87.6 Å². The summed E-state index contributed by atoms with van der Waals surface area (Å²) in [6.45, 7) is 1.57. The molecule has 2 fully saturated rings. The number of benzene rings is 2. The Morgan fingerprint density at radius 3 is 2.61 bits per heavy atom. The third-order valence-corrected chi connectivity index (χ3v) is 10.2. The van der Waals surface area contributed by atoms with Crippen LogP contribution >= 0.6 is 11.6 Å². The molecular formula is C32H45ClF4N4O4S. The Morgan fingerprint density at radius 2 is 1.93 bits per heavy atom. The van der Waals surface area contributed by atoms with Gasteiger partial charge in [-0.25, -0.2) is 12.8 Å². The molecule has 5 N–H and O–H groups in total. The van der Waals surface area contributed by atoms with Crippen LogP contribution in [0.25, 0.3) is 0 Å². The Morgan fingerprint density at radius 1 is 1.20 bits per heavy atom. The molecule has 0 radical (unpaired) electrons. The van der Waals surface area contributed by atoms with Gasteiger partial charge >= 0.3 is 6.18 Å². The molecule has 2 aliphatic heterocycles. The van der Waals surface area contributed by atoms with E-state index in [9.17, 15) is 26.7 Å². The number of nitrogens with one attached hydrogen (secondary N) is 2. The van der Waals surface area contributed by atoms with Crippen molar-refractivity contribution in [3.63, 3.8) is 0 Å². The van der Waals surface area contributed by atoms with Crippen LogP contribution in [0.5, 0.6) is 0 Å². The van der Waals surface area contributed by atoms with Crippen LogP contribution in [-0.2, 0) is 21.9 Å². The molecule has 8 nitrogen and oxygen atoms in total. The molecule has 2 saturated heterocycles. The van der Waals surface area contributed by atoms with Crippen molar-refractivity contribution in [1.82, 2.24) is 10.2 Å². The number of thiol groups is 1. The van der Waals surface area contributed by atoms with E-state index in [0.29, 0.717) is 48.5 Å². The molecule has 0 aliphatic carbocycles. The second kappa shape index (κ2) is 16.9. The molecule has 0 spiro atoms. The number of alkyl halides is 3. The third-order valence-electron chi connectivity index (χ3n) is 9.23. The first-order valence-corrected chi connectivity index (χ1v) is 17.5. The highest BCUT2D eigenvalue weighted by Crippen LogP contribution is 2.40. The van der Waals surface area contributed by atoms with Gasteiger partial charge in [0.15, 0.2) is 0 Å². The Bertz CT molecular complexity index is 1330. The minimum absolute atomic E-state index is 0.0875. The molecule has 2 aliphatic rings. The zero-order valence-electron chi connectivity index (χ0n) is 25.9. The SMILES string of the molecule is CN1CC(CCc2c(F)cccc2NC(O)[C@@H](N)[C@@H](c2ccc(Cl)cc2)C2CCOC(CC(F)(F)F)C2)NCC1CCC[SH](=O)=O. The molecule has 0 aromatic heterocycles. The molecule has 0 bridgehead atoms. The minimum atomic E-state index is -4.37. The van der Waals surface area contributed by atoms with Crippen molar-refractivity contribution in [1.29, 1.82) is 0 Å². The van der Waals surface area contributed by atoms with Crippen molar-refractivity contribution in [2.24, 2.45) is 11.7 Å². The van der Waals surface area contributed by atoms with Crippen LogP contribution in [0, 0.1) is 11.7 Å². The van der Waals surface area contributed by atoms with Crippen molar-refractivity contribution < 1.29 is 35.8 Å². The van der Waals surface area contributed by atoms with Gasteiger partial charge in [-0.3, -0.25) is 0 Å². The zero-order valence-corrected chi connectivity index (χ0v) is 27.5. The number of aliphatic hydroxyl groups excluding tert-OH is 1. The van der Waals surface area contributed by atoms with Gasteiger partial charge in [-0.1, -0.05) is 29.8 Å². The summed E-state index contributed by atoms with van der Waals surface area (Å²) in [5, 5.41) is 18.4. The smallest absolute Gasteiger partial charge is 0.378 e. The first kappa shape index (κ1) is 36.8. The predicted octanol–water partition coefficient (Wildman–Crippen LogP) is 4.66. The number of nitrogens with two attached hydrogens (primary N) is 1. The number of aliphatic hydroxyl groups is 1. The maximum absolute atomic E-state index is 15.2. The van der Waals surface area contributed by atoms with Crippen LogP contribution in [0.2, 0.25) is 5.02 Å². The number of likely N-dealkylation sites (N-methyl/N-ethyl adjacent to an activating group) is 1. The molecule has 5 unspecified atom stereocenters. The summed E-state index contributed by atoms with van der Waals surface area (Å²) in [5.74, 6) is -1.08. The lowest BCUT2D eigenvalue weighted by Crippen LogP contribution is -2.55. The number of nitrogens with zero attached hydrogens (tertiary/aromatic N) is 1. The number of rotatable bonds is 14. The summed E-state index contributed by atoms with van der Waals surface area (Å²) in [6.07, 6.45) is -4.80. The fraction of sp³-hybridized carbons (Fsp3) is 0.625. The molecule has 0 saturated carbocycles. The maximum atomic E-state index is 15.2. The summed E-state index contributed by atoms with van der Waals surface area (Å²) in [7, 11) is -0.375. The van der Waals surface area contributed by atoms with Gasteiger partial charge in [0.05, 0.1) is 18.6 Å². The second-order valence-electron chi connectivity index (χ2n) is 12.5. The zero-order chi connectivity index (χ0) is 33.4. The fourth-order valence-corrected chi connectivity index (χ4v) is 7.41. The summed E-state index contributed by atoms with van der Waals surface area (Å²) < 4.78 is 82.0. The van der Waals surface area contributed by atoms with Gasteiger partial charge in [0.1, 0.15) is 22.7 Å². The molecule has 4 rings (SSSR count). The van der Waals surface area contributed by atoms with Gasteiger partial charge in [0, 0.05) is 59.7 Å². The lowest BCUT2D eigenvalue weighted by Gasteiger charge is -2.39. The number of hydrogen-bond acceptors (Lipinski definition) is 8. The van der Waals surface area contributed by atoms with Crippen molar-refractivity contribution in [3.05, 3.63) is 64.4 Å². The van der Waals surface area contributed by atoms with Gasteiger partial charge in [-0.2, -0.15) is 13.2 Å². The van der Waals surface area contributed by atoms with Gasteiger partial charge < -0.3 is 31.1 Å². The highest BCUT2D eigenvalue weighted by atomic mass is 35.5. The van der Waals surface area contributed by atoms with Crippen molar-refractivity contribution in [2.45, 2.75) is 87.5 Å². The van der Waals surface area contributed by atoms with E-state index in [4.69, 9.17) is 22.1 Å². The van der Waals surface area contributed by atoms with Crippen LogP contribution in [0.1, 0.15) is 55.6 Å². The van der Waals surface area contributed by atoms with E-state index in [1.165, 1.54) is 6.07 Å². The molecule has 14 heteroatoms. The van der Waals surface area contributed by atoms with Crippen molar-refractivity contribution in [3.8, 4) is 0 Å². The molecular weight excluding hydrogens is 648 g/mol. The van der Waals surface area contributed by atoms with Gasteiger partial charge in [0.2, 0.25) is 0 Å². The van der Waals surface area contributed by atoms with E-state index < -0.39 is 53.4 Å². The van der Waals surface area contributed by atoms with E-state index in [0.717, 1.165) is 18.5 Å². The minimum Gasteiger partial charge on any atom is -0.378 e. The molecule has 46 heavy (non-hydrogen) atoms. The second-order valence-corrected chi connectivity index (χ2v) is 14.1. The average Bonchev–Trinajstić information content (AvgIpc) is 2.98. The van der Waals surface area contributed by atoms with Crippen LogP contribution in [0.3, 0.4) is 0 Å². The molecule has 7 atom stereocenters. The standard InChI is InChI=1S/C32H45ClF4N4O4S/c1-41-19-23(39-18-24(41)4-3-15-46(43)44)11-12-26-27(34)5-2-6-28(26)40-31(42)30(38)29(20-7-9-22(33)10-8-20)21-13-14-45-25(16-21)17-32(35,36)37/h2,5-10,21,23-25,29-31,39-40,42,46H,3-4,11-19,38H2,1H3/t21?,23?,24?,25?,29-,30-,31?/m0/s1. The topological polar surface area (TPSA) is 117 Å². The summed E-state index contributed by atoms with van der Waals surface area (Å²) in [6, 6.07) is 10.9. The number of halogens is 5. The molecule has 2 aromatic rings. The summed E-state index contributed by atoms with van der Waals surface area (Å²) in [5.41, 5.74) is 8.23. The maximum Gasteiger partial charge on any atom is 0.391 e. The van der Waals surface area contributed by atoms with E-state index in [1.54, 1.807) is 36.4 Å². The number of hydrogen-bond donors (Lipinski definition) is 5. The van der Waals surface area contributed by atoms with E-state index in [1.807, 2.05) is 7.05 Å². The third kappa shape index (κ3) is 10.8. The molecule has 2 heterocycles. The Kier molecular flexibility index (Phi) is 13.5. The summed E-state index contributed by atoms with van der Waals surface area (Å²) in [4.78, 5) is 2.20. The molecule has 0 amide bonds. The Hall–Kier alpha value is -2.00. The van der Waals surface area contributed by atoms with Gasteiger partial charge in [0.25, 0.3) is 0 Å². The van der Waals surface area contributed by atoms with Crippen molar-refractivity contribution >= 4 is 28.0 Å². The lowest BCUT2D eigenvalue weighted by atomic mass is 9.74. The van der Waals surface area contributed by atoms with Crippen molar-refractivity contribution in [2.75, 3.05) is 37.8 Å². The largest absolute Gasteiger partial charge is 0.391 e. The molecule has 2 aromatic carbocycles. The van der Waals surface area contributed by atoms with Gasteiger partial charge in [-0.15, -0.1) is 0 Å². The van der Waals surface area contributed by atoms with Crippen LogP contribution < -0.4 is 16.4 Å². The Balaban J connectivity index is 1.44. The monoisotopic (exact) mass is 692 g/mol. The quantitative estimate of drug-likeness (QED) is 0.110. The summed E-state index contributed by atoms with van der Waals surface area (Å²) >= 11 is 6.11. The van der Waals surface area contributed by atoms with Gasteiger partial charge in [-0.05, 0) is 81.3 Å². The highest BCUT2D eigenvalue weighted by molar-refractivity contribution is 7.72. The Labute approximate surface area is 275 Å². The first-order valence-electron chi connectivity index (χ1n) is 15.8. The van der Waals surface area contributed by atoms with E-state index in [-0.39, 0.29) is 36.8 Å². The normalized spacial score (nSPS) is 24.9.